The largest absolute Gasteiger partial charge is 0.447 e. The molecule has 0 aromatic carbocycles. The molecule has 1 unspecified atom stereocenters. The highest BCUT2D eigenvalue weighted by atomic mass is 16.6. The highest BCUT2D eigenvalue weighted by molar-refractivity contribution is 5.94. The van der Waals surface area contributed by atoms with Crippen molar-refractivity contribution in [1.82, 2.24) is 9.80 Å². The Labute approximate surface area is 101 Å². The number of hydrogen-bond acceptors (Lipinski definition) is 5. The van der Waals surface area contributed by atoms with Crippen molar-refractivity contribution in [2.24, 2.45) is 11.7 Å². The number of amides is 2. The Morgan fingerprint density at radius 1 is 1.65 bits per heavy atom. The van der Waals surface area contributed by atoms with E-state index in [9.17, 15) is 9.59 Å². The lowest BCUT2D eigenvalue weighted by molar-refractivity contribution is -0.129. The number of ether oxygens (including phenoxy) is 1. The minimum atomic E-state index is -0.529. The SMILES string of the molecule is CN(CC(=O)N1CCOC1=O)C(CN)C1CC1. The molecule has 1 saturated heterocycles. The molecule has 6 nitrogen and oxygen atoms in total. The van der Waals surface area contributed by atoms with E-state index in [2.05, 4.69) is 0 Å². The van der Waals surface area contributed by atoms with Crippen molar-refractivity contribution in [2.75, 3.05) is 33.3 Å². The zero-order chi connectivity index (χ0) is 12.4. The van der Waals surface area contributed by atoms with Crippen LogP contribution in [0.2, 0.25) is 0 Å². The van der Waals surface area contributed by atoms with E-state index in [-0.39, 0.29) is 18.5 Å². The molecular weight excluding hydrogens is 222 g/mol. The maximum atomic E-state index is 11.9. The van der Waals surface area contributed by atoms with E-state index in [1.807, 2.05) is 11.9 Å². The first kappa shape index (κ1) is 12.3. The van der Waals surface area contributed by atoms with Crippen molar-refractivity contribution < 1.29 is 14.3 Å². The number of carbonyl (C=O) groups is 2. The van der Waals surface area contributed by atoms with Gasteiger partial charge < -0.3 is 10.5 Å². The van der Waals surface area contributed by atoms with Crippen LogP contribution >= 0.6 is 0 Å². The van der Waals surface area contributed by atoms with Crippen LogP contribution in [0.25, 0.3) is 0 Å². The number of carbonyl (C=O) groups excluding carboxylic acids is 2. The third-order valence-corrected chi connectivity index (χ3v) is 3.42. The first-order chi connectivity index (χ1) is 8.13. The van der Waals surface area contributed by atoms with Gasteiger partial charge in [-0.15, -0.1) is 0 Å². The highest BCUT2D eigenvalue weighted by Gasteiger charge is 2.35. The van der Waals surface area contributed by atoms with Gasteiger partial charge in [-0.25, -0.2) is 9.69 Å². The van der Waals surface area contributed by atoms with Crippen molar-refractivity contribution in [2.45, 2.75) is 18.9 Å². The average molecular weight is 241 g/mol. The lowest BCUT2D eigenvalue weighted by atomic mass is 10.1. The summed E-state index contributed by atoms with van der Waals surface area (Å²) < 4.78 is 4.74. The van der Waals surface area contributed by atoms with Gasteiger partial charge in [0, 0.05) is 12.6 Å². The van der Waals surface area contributed by atoms with Crippen LogP contribution in [0, 0.1) is 5.92 Å². The van der Waals surface area contributed by atoms with Gasteiger partial charge in [-0.3, -0.25) is 9.69 Å². The van der Waals surface area contributed by atoms with Gasteiger partial charge >= 0.3 is 6.09 Å². The smallest absolute Gasteiger partial charge is 0.416 e. The number of imide groups is 1. The minimum Gasteiger partial charge on any atom is -0.447 e. The predicted octanol–water partition coefficient (Wildman–Crippen LogP) is -0.366. The summed E-state index contributed by atoms with van der Waals surface area (Å²) in [7, 11) is 1.88. The quantitative estimate of drug-likeness (QED) is 0.711. The second-order valence-corrected chi connectivity index (χ2v) is 4.72. The van der Waals surface area contributed by atoms with Crippen LogP contribution in [0.15, 0.2) is 0 Å². The molecule has 0 bridgehead atoms. The molecule has 2 N–H and O–H groups in total. The topological polar surface area (TPSA) is 75.9 Å². The first-order valence-electron chi connectivity index (χ1n) is 6.01. The van der Waals surface area contributed by atoms with Crippen molar-refractivity contribution in [3.63, 3.8) is 0 Å². The van der Waals surface area contributed by atoms with Crippen LogP contribution < -0.4 is 5.73 Å². The summed E-state index contributed by atoms with van der Waals surface area (Å²) in [5.41, 5.74) is 5.71. The minimum absolute atomic E-state index is 0.200. The van der Waals surface area contributed by atoms with E-state index in [1.54, 1.807) is 0 Å². The van der Waals surface area contributed by atoms with Crippen LogP contribution in [-0.4, -0.2) is 61.1 Å². The molecule has 0 aromatic rings. The molecule has 1 saturated carbocycles. The van der Waals surface area contributed by atoms with Gasteiger partial charge in [0.2, 0.25) is 5.91 Å². The van der Waals surface area contributed by atoms with Crippen LogP contribution in [-0.2, 0) is 9.53 Å². The van der Waals surface area contributed by atoms with E-state index < -0.39 is 6.09 Å². The Bertz CT molecular complexity index is 317. The third-order valence-electron chi connectivity index (χ3n) is 3.42. The molecule has 2 rings (SSSR count). The zero-order valence-corrected chi connectivity index (χ0v) is 10.1. The molecule has 0 aromatic heterocycles. The van der Waals surface area contributed by atoms with Gasteiger partial charge in [-0.1, -0.05) is 0 Å². The van der Waals surface area contributed by atoms with E-state index >= 15 is 0 Å². The Morgan fingerprint density at radius 2 is 2.35 bits per heavy atom. The molecular formula is C11H19N3O3. The second-order valence-electron chi connectivity index (χ2n) is 4.72. The van der Waals surface area contributed by atoms with E-state index in [0.29, 0.717) is 25.6 Å². The van der Waals surface area contributed by atoms with Gasteiger partial charge in [-0.2, -0.15) is 0 Å². The van der Waals surface area contributed by atoms with E-state index in [0.717, 1.165) is 4.90 Å². The molecule has 2 fully saturated rings. The summed E-state index contributed by atoms with van der Waals surface area (Å²) in [6.07, 6.45) is 1.84. The molecule has 0 spiro atoms. The summed E-state index contributed by atoms with van der Waals surface area (Å²) in [6, 6.07) is 0.248. The normalized spacial score (nSPS) is 21.8. The number of likely N-dealkylation sites (N-methyl/N-ethyl adjacent to an activating group) is 1. The fourth-order valence-corrected chi connectivity index (χ4v) is 2.25. The van der Waals surface area contributed by atoms with Crippen molar-refractivity contribution >= 4 is 12.0 Å². The molecule has 1 aliphatic carbocycles. The Morgan fingerprint density at radius 3 is 2.82 bits per heavy atom. The van der Waals surface area contributed by atoms with Gasteiger partial charge in [0.15, 0.2) is 0 Å². The molecule has 2 amide bonds. The molecule has 6 heteroatoms. The highest BCUT2D eigenvalue weighted by Crippen LogP contribution is 2.34. The number of hydrogen-bond donors (Lipinski definition) is 1. The number of cyclic esters (lactones) is 1. The van der Waals surface area contributed by atoms with Crippen LogP contribution in [0.1, 0.15) is 12.8 Å². The average Bonchev–Trinajstić information content (AvgIpc) is 3.01. The Hall–Kier alpha value is -1.14. The Kier molecular flexibility index (Phi) is 3.63. The monoisotopic (exact) mass is 241 g/mol. The number of rotatable bonds is 5. The van der Waals surface area contributed by atoms with Crippen molar-refractivity contribution in [3.8, 4) is 0 Å². The maximum absolute atomic E-state index is 11.9. The Balaban J connectivity index is 1.86. The first-order valence-corrected chi connectivity index (χ1v) is 6.01. The van der Waals surface area contributed by atoms with Gasteiger partial charge in [0.05, 0.1) is 13.1 Å². The lowest BCUT2D eigenvalue weighted by Gasteiger charge is -2.27. The van der Waals surface area contributed by atoms with Gasteiger partial charge in [-0.05, 0) is 25.8 Å². The molecule has 2 aliphatic rings. The summed E-state index contributed by atoms with van der Waals surface area (Å²) in [5.74, 6) is 0.414. The summed E-state index contributed by atoms with van der Waals surface area (Å²) >= 11 is 0. The van der Waals surface area contributed by atoms with Crippen LogP contribution in [0.4, 0.5) is 4.79 Å². The molecule has 0 radical (unpaired) electrons. The summed E-state index contributed by atoms with van der Waals surface area (Å²) in [6.45, 7) is 1.45. The van der Waals surface area contributed by atoms with Gasteiger partial charge in [0.1, 0.15) is 6.61 Å². The zero-order valence-electron chi connectivity index (χ0n) is 10.1. The fourth-order valence-electron chi connectivity index (χ4n) is 2.25. The molecule has 96 valence electrons. The molecule has 1 heterocycles. The van der Waals surface area contributed by atoms with E-state index in [4.69, 9.17) is 10.5 Å². The van der Waals surface area contributed by atoms with Crippen molar-refractivity contribution in [1.29, 1.82) is 0 Å². The number of nitrogens with two attached hydrogens (primary N) is 1. The number of nitrogens with zero attached hydrogens (tertiary/aromatic N) is 2. The predicted molar refractivity (Wildman–Crippen MR) is 61.3 cm³/mol. The maximum Gasteiger partial charge on any atom is 0.416 e. The standard InChI is InChI=1S/C11H19N3O3/c1-13(9(6-12)8-2-3-8)7-10(15)14-4-5-17-11(14)16/h8-9H,2-7,12H2,1H3. The second kappa shape index (κ2) is 5.01. The third kappa shape index (κ3) is 2.76. The van der Waals surface area contributed by atoms with Crippen LogP contribution in [0.5, 0.6) is 0 Å². The molecule has 17 heavy (non-hydrogen) atoms. The molecule has 1 atom stereocenters. The van der Waals surface area contributed by atoms with Gasteiger partial charge in [0.25, 0.3) is 0 Å². The van der Waals surface area contributed by atoms with Crippen molar-refractivity contribution in [3.05, 3.63) is 0 Å². The van der Waals surface area contributed by atoms with E-state index in [1.165, 1.54) is 12.8 Å². The summed E-state index contributed by atoms with van der Waals surface area (Å²) in [5, 5.41) is 0. The fraction of sp³-hybridized carbons (Fsp3) is 0.818. The lowest BCUT2D eigenvalue weighted by Crippen LogP contribution is -2.46. The van der Waals surface area contributed by atoms with Crippen LogP contribution in [0.3, 0.4) is 0 Å². The summed E-state index contributed by atoms with van der Waals surface area (Å²) in [4.78, 5) is 26.2. The molecule has 1 aliphatic heterocycles.